The van der Waals surface area contributed by atoms with Gasteiger partial charge >= 0.3 is 0 Å². The van der Waals surface area contributed by atoms with Crippen LogP contribution in [0, 0.1) is 5.92 Å². The third kappa shape index (κ3) is 1.17. The molecule has 1 saturated carbocycles. The molecule has 70 valence electrons. The number of piperidine rings is 1. The van der Waals surface area contributed by atoms with Gasteiger partial charge in [0.05, 0.1) is 5.60 Å². The number of nitrogens with one attached hydrogen (secondary N) is 1. The summed E-state index contributed by atoms with van der Waals surface area (Å²) in [7, 11) is 0. The first-order chi connectivity index (χ1) is 5.73. The van der Waals surface area contributed by atoms with Gasteiger partial charge in [0.1, 0.15) is 0 Å². The van der Waals surface area contributed by atoms with Crippen molar-refractivity contribution in [1.29, 1.82) is 0 Å². The molecule has 2 N–H and O–H groups in total. The van der Waals surface area contributed by atoms with Crippen LogP contribution in [-0.4, -0.2) is 23.3 Å². The average molecular weight is 169 g/mol. The number of aliphatic hydroxyl groups is 1. The van der Waals surface area contributed by atoms with Crippen LogP contribution < -0.4 is 5.32 Å². The summed E-state index contributed by atoms with van der Waals surface area (Å²) < 4.78 is 0. The molecule has 0 radical (unpaired) electrons. The van der Waals surface area contributed by atoms with Crippen LogP contribution in [0.15, 0.2) is 0 Å². The minimum Gasteiger partial charge on any atom is -0.388 e. The predicted molar refractivity (Wildman–Crippen MR) is 49.0 cm³/mol. The van der Waals surface area contributed by atoms with E-state index < -0.39 is 0 Å². The fourth-order valence-electron chi connectivity index (χ4n) is 2.52. The van der Waals surface area contributed by atoms with Crippen LogP contribution in [0.1, 0.15) is 39.0 Å². The summed E-state index contributed by atoms with van der Waals surface area (Å²) in [4.78, 5) is 0. The van der Waals surface area contributed by atoms with Crippen LogP contribution in [0.2, 0.25) is 0 Å². The summed E-state index contributed by atoms with van der Waals surface area (Å²) >= 11 is 0. The molecule has 0 aromatic carbocycles. The Morgan fingerprint density at radius 3 is 2.58 bits per heavy atom. The minimum absolute atomic E-state index is 0.361. The van der Waals surface area contributed by atoms with Crippen molar-refractivity contribution in [1.82, 2.24) is 5.32 Å². The van der Waals surface area contributed by atoms with Gasteiger partial charge in [-0.25, -0.2) is 0 Å². The van der Waals surface area contributed by atoms with Gasteiger partial charge in [0, 0.05) is 6.04 Å². The summed E-state index contributed by atoms with van der Waals surface area (Å²) in [6.07, 6.45) is 5.94. The molecule has 0 aromatic heterocycles. The lowest BCUT2D eigenvalue weighted by Crippen LogP contribution is -2.61. The van der Waals surface area contributed by atoms with Crippen molar-refractivity contribution in [2.24, 2.45) is 5.92 Å². The highest BCUT2D eigenvalue weighted by molar-refractivity contribution is 5.03. The summed E-state index contributed by atoms with van der Waals surface area (Å²) in [5, 5.41) is 13.7. The Morgan fingerprint density at radius 2 is 2.17 bits per heavy atom. The van der Waals surface area contributed by atoms with Crippen molar-refractivity contribution in [2.75, 3.05) is 6.54 Å². The average Bonchev–Trinajstić information content (AvgIpc) is 2.16. The number of hydrogen-bond donors (Lipinski definition) is 2. The molecule has 3 atom stereocenters. The first kappa shape index (κ1) is 8.52. The second-order valence-corrected chi connectivity index (χ2v) is 4.43. The molecule has 0 amide bonds. The second-order valence-electron chi connectivity index (χ2n) is 4.43. The lowest BCUT2D eigenvalue weighted by Gasteiger charge is -2.50. The Kier molecular flexibility index (Phi) is 2.13. The molecular weight excluding hydrogens is 150 g/mol. The quantitative estimate of drug-likeness (QED) is 0.620. The number of hydrogen-bond acceptors (Lipinski definition) is 2. The van der Waals surface area contributed by atoms with Crippen LogP contribution in [0.3, 0.4) is 0 Å². The highest BCUT2D eigenvalue weighted by Gasteiger charge is 2.48. The predicted octanol–water partition coefficient (Wildman–Crippen LogP) is 1.29. The third-order valence-corrected chi connectivity index (χ3v) is 3.74. The molecule has 2 nitrogen and oxygen atoms in total. The largest absolute Gasteiger partial charge is 0.388 e. The van der Waals surface area contributed by atoms with Gasteiger partial charge in [-0.05, 0) is 38.1 Å². The van der Waals surface area contributed by atoms with Crippen molar-refractivity contribution in [3.63, 3.8) is 0 Å². The number of rotatable bonds is 1. The lowest BCUT2D eigenvalue weighted by molar-refractivity contribution is -0.118. The minimum atomic E-state index is -0.361. The maximum atomic E-state index is 10.2. The molecule has 2 rings (SSSR count). The summed E-state index contributed by atoms with van der Waals surface area (Å²) in [6.45, 7) is 3.26. The zero-order chi connectivity index (χ0) is 8.60. The maximum Gasteiger partial charge on any atom is 0.0825 e. The fraction of sp³-hybridized carbons (Fsp3) is 1.00. The summed E-state index contributed by atoms with van der Waals surface area (Å²) in [5.41, 5.74) is -0.361. The van der Waals surface area contributed by atoms with Crippen molar-refractivity contribution in [3.8, 4) is 0 Å². The Morgan fingerprint density at radius 1 is 1.33 bits per heavy atom. The molecule has 2 heteroatoms. The van der Waals surface area contributed by atoms with E-state index in [1.54, 1.807) is 0 Å². The summed E-state index contributed by atoms with van der Waals surface area (Å²) in [5.74, 6) is 0.507. The van der Waals surface area contributed by atoms with Crippen LogP contribution >= 0.6 is 0 Å². The van der Waals surface area contributed by atoms with Gasteiger partial charge < -0.3 is 10.4 Å². The smallest absolute Gasteiger partial charge is 0.0825 e. The van der Waals surface area contributed by atoms with E-state index in [1.165, 1.54) is 25.7 Å². The molecule has 1 heterocycles. The molecule has 1 saturated heterocycles. The van der Waals surface area contributed by atoms with Crippen molar-refractivity contribution in [2.45, 2.75) is 50.7 Å². The first-order valence-corrected chi connectivity index (χ1v) is 5.19. The van der Waals surface area contributed by atoms with E-state index in [2.05, 4.69) is 12.2 Å². The van der Waals surface area contributed by atoms with E-state index in [0.717, 1.165) is 13.0 Å². The van der Waals surface area contributed by atoms with Gasteiger partial charge in [-0.2, -0.15) is 0 Å². The van der Waals surface area contributed by atoms with E-state index in [9.17, 15) is 5.11 Å². The van der Waals surface area contributed by atoms with E-state index in [4.69, 9.17) is 0 Å². The van der Waals surface area contributed by atoms with E-state index in [-0.39, 0.29) is 5.60 Å². The normalized spacial score (nSPS) is 48.5. The van der Waals surface area contributed by atoms with E-state index in [0.29, 0.717) is 12.0 Å². The van der Waals surface area contributed by atoms with Gasteiger partial charge in [-0.1, -0.05) is 13.3 Å². The molecule has 0 aromatic rings. The standard InChI is InChI=1S/C10H19NO/c1-8-5-6-10(8,12)9-4-2-3-7-11-9/h8-9,11-12H,2-7H2,1H3. The Bertz CT molecular complexity index is 165. The van der Waals surface area contributed by atoms with Crippen LogP contribution in [0.25, 0.3) is 0 Å². The Balaban J connectivity index is 1.97. The second kappa shape index (κ2) is 3.00. The third-order valence-electron chi connectivity index (χ3n) is 3.74. The van der Waals surface area contributed by atoms with Gasteiger partial charge in [0.15, 0.2) is 0 Å². The molecule has 3 unspecified atom stereocenters. The highest BCUT2D eigenvalue weighted by atomic mass is 16.3. The molecule has 2 fully saturated rings. The molecular formula is C10H19NO. The summed E-state index contributed by atoms with van der Waals surface area (Å²) in [6, 6.07) is 0.384. The van der Waals surface area contributed by atoms with Crippen molar-refractivity contribution < 1.29 is 5.11 Å². The molecule has 1 aliphatic carbocycles. The molecule has 1 aliphatic heterocycles. The van der Waals surface area contributed by atoms with Crippen molar-refractivity contribution in [3.05, 3.63) is 0 Å². The zero-order valence-corrected chi connectivity index (χ0v) is 7.84. The zero-order valence-electron chi connectivity index (χ0n) is 7.84. The first-order valence-electron chi connectivity index (χ1n) is 5.19. The van der Waals surface area contributed by atoms with Crippen LogP contribution in [-0.2, 0) is 0 Å². The maximum absolute atomic E-state index is 10.2. The lowest BCUT2D eigenvalue weighted by atomic mass is 9.65. The molecule has 2 aliphatic rings. The Labute approximate surface area is 74.4 Å². The molecule has 0 bridgehead atoms. The van der Waals surface area contributed by atoms with Gasteiger partial charge in [0.2, 0.25) is 0 Å². The van der Waals surface area contributed by atoms with E-state index in [1.807, 2.05) is 0 Å². The molecule has 12 heavy (non-hydrogen) atoms. The van der Waals surface area contributed by atoms with E-state index >= 15 is 0 Å². The van der Waals surface area contributed by atoms with Gasteiger partial charge in [-0.3, -0.25) is 0 Å². The fourth-order valence-corrected chi connectivity index (χ4v) is 2.52. The van der Waals surface area contributed by atoms with Gasteiger partial charge in [-0.15, -0.1) is 0 Å². The monoisotopic (exact) mass is 169 g/mol. The van der Waals surface area contributed by atoms with Gasteiger partial charge in [0.25, 0.3) is 0 Å². The topological polar surface area (TPSA) is 32.3 Å². The SMILES string of the molecule is CC1CCC1(O)C1CCCCN1. The molecule has 0 spiro atoms. The van der Waals surface area contributed by atoms with Crippen LogP contribution in [0.4, 0.5) is 0 Å². The highest BCUT2D eigenvalue weighted by Crippen LogP contribution is 2.42. The van der Waals surface area contributed by atoms with Crippen LogP contribution in [0.5, 0.6) is 0 Å². The Hall–Kier alpha value is -0.0800. The van der Waals surface area contributed by atoms with Crippen molar-refractivity contribution >= 4 is 0 Å².